The molecule has 0 bridgehead atoms. The lowest BCUT2D eigenvalue weighted by Gasteiger charge is -2.09. The second-order valence-corrected chi connectivity index (χ2v) is 4.46. The van der Waals surface area contributed by atoms with Crippen LogP contribution in [0.2, 0.25) is 0 Å². The molecule has 4 nitrogen and oxygen atoms in total. The Hall–Kier alpha value is -0.880. The normalized spacial score (nSPS) is 9.75. The van der Waals surface area contributed by atoms with Gasteiger partial charge in [0, 0.05) is 13.8 Å². The number of ether oxygens (including phenoxy) is 2. The molecule has 0 radical (unpaired) electrons. The Morgan fingerprint density at radius 2 is 1.25 bits per heavy atom. The highest BCUT2D eigenvalue weighted by molar-refractivity contribution is 9.13. The predicted molar refractivity (Wildman–Crippen MR) is 64.5 cm³/mol. The van der Waals surface area contributed by atoms with Gasteiger partial charge in [0.15, 0.2) is 0 Å². The van der Waals surface area contributed by atoms with E-state index in [9.17, 15) is 9.59 Å². The molecule has 0 aliphatic carbocycles. The van der Waals surface area contributed by atoms with Crippen LogP contribution in [0.5, 0.6) is 11.5 Å². The van der Waals surface area contributed by atoms with Gasteiger partial charge in [0.05, 0.1) is 8.95 Å². The second kappa shape index (κ2) is 5.45. The summed E-state index contributed by atoms with van der Waals surface area (Å²) >= 11 is 6.47. The Balaban J connectivity index is 3.07. The standard InChI is InChI=1S/C10H8Br2O4/c1-5(13)15-7-3-4-8(16-6(2)14)10(12)9(7)11/h3-4H,1-2H3. The first kappa shape index (κ1) is 13.2. The molecule has 0 fully saturated rings. The first-order valence-electron chi connectivity index (χ1n) is 4.26. The van der Waals surface area contributed by atoms with Crippen LogP contribution in [0, 0.1) is 0 Å². The second-order valence-electron chi connectivity index (χ2n) is 2.88. The lowest BCUT2D eigenvalue weighted by molar-refractivity contribution is -0.133. The number of carbonyl (C=O) groups excluding carboxylic acids is 2. The summed E-state index contributed by atoms with van der Waals surface area (Å²) in [6.45, 7) is 2.61. The average molecular weight is 352 g/mol. The molecule has 0 atom stereocenters. The van der Waals surface area contributed by atoms with Crippen LogP contribution < -0.4 is 9.47 Å². The summed E-state index contributed by atoms with van der Waals surface area (Å²) < 4.78 is 10.9. The fourth-order valence-electron chi connectivity index (χ4n) is 0.981. The van der Waals surface area contributed by atoms with Crippen molar-refractivity contribution in [2.75, 3.05) is 0 Å². The first-order chi connectivity index (χ1) is 7.41. The van der Waals surface area contributed by atoms with Gasteiger partial charge in [-0.3, -0.25) is 9.59 Å². The smallest absolute Gasteiger partial charge is 0.308 e. The van der Waals surface area contributed by atoms with E-state index in [2.05, 4.69) is 31.9 Å². The van der Waals surface area contributed by atoms with E-state index in [0.717, 1.165) is 0 Å². The Morgan fingerprint density at radius 1 is 0.938 bits per heavy atom. The number of rotatable bonds is 2. The topological polar surface area (TPSA) is 52.6 Å². The molecule has 0 amide bonds. The third-order valence-corrected chi connectivity index (χ3v) is 3.63. The van der Waals surface area contributed by atoms with Crippen molar-refractivity contribution in [3.8, 4) is 11.5 Å². The van der Waals surface area contributed by atoms with Crippen LogP contribution in [0.3, 0.4) is 0 Å². The maximum atomic E-state index is 10.8. The van der Waals surface area contributed by atoms with Gasteiger partial charge in [0.25, 0.3) is 0 Å². The van der Waals surface area contributed by atoms with Crippen molar-refractivity contribution in [3.63, 3.8) is 0 Å². The number of carbonyl (C=O) groups is 2. The molecule has 6 heteroatoms. The molecule has 1 aromatic rings. The van der Waals surface area contributed by atoms with Gasteiger partial charge in [0.2, 0.25) is 0 Å². The van der Waals surface area contributed by atoms with Crippen molar-refractivity contribution < 1.29 is 19.1 Å². The number of esters is 2. The van der Waals surface area contributed by atoms with Crippen LogP contribution in [-0.2, 0) is 9.59 Å². The fourth-order valence-corrected chi connectivity index (χ4v) is 1.80. The van der Waals surface area contributed by atoms with Crippen LogP contribution >= 0.6 is 31.9 Å². The summed E-state index contributed by atoms with van der Waals surface area (Å²) in [5, 5.41) is 0. The Bertz CT molecular complexity index is 402. The SMILES string of the molecule is CC(=O)Oc1ccc(OC(C)=O)c(Br)c1Br. The van der Waals surface area contributed by atoms with Crippen LogP contribution in [0.1, 0.15) is 13.8 Å². The van der Waals surface area contributed by atoms with E-state index in [0.29, 0.717) is 20.4 Å². The Morgan fingerprint density at radius 3 is 1.50 bits per heavy atom. The van der Waals surface area contributed by atoms with Crippen LogP contribution in [0.15, 0.2) is 21.1 Å². The van der Waals surface area contributed by atoms with Gasteiger partial charge in [-0.15, -0.1) is 0 Å². The van der Waals surface area contributed by atoms with Crippen LogP contribution in [-0.4, -0.2) is 11.9 Å². The lowest BCUT2D eigenvalue weighted by atomic mass is 10.3. The van der Waals surface area contributed by atoms with Crippen molar-refractivity contribution >= 4 is 43.8 Å². The molecule has 0 N–H and O–H groups in total. The van der Waals surface area contributed by atoms with Gasteiger partial charge in [-0.05, 0) is 44.0 Å². The van der Waals surface area contributed by atoms with E-state index in [1.165, 1.54) is 26.0 Å². The number of hydrogen-bond acceptors (Lipinski definition) is 4. The molecule has 0 aliphatic rings. The molecule has 0 aliphatic heterocycles. The monoisotopic (exact) mass is 350 g/mol. The van der Waals surface area contributed by atoms with Gasteiger partial charge in [-0.2, -0.15) is 0 Å². The minimum absolute atomic E-state index is 0.357. The molecule has 16 heavy (non-hydrogen) atoms. The molecule has 0 aromatic heterocycles. The maximum absolute atomic E-state index is 10.8. The van der Waals surface area contributed by atoms with E-state index in [1.54, 1.807) is 0 Å². The highest BCUT2D eigenvalue weighted by Gasteiger charge is 2.13. The molecule has 0 saturated heterocycles. The maximum Gasteiger partial charge on any atom is 0.308 e. The summed E-state index contributed by atoms with van der Waals surface area (Å²) in [5.74, 6) is -0.133. The van der Waals surface area contributed by atoms with Gasteiger partial charge < -0.3 is 9.47 Å². The summed E-state index contributed by atoms with van der Waals surface area (Å²) in [5.41, 5.74) is 0. The number of benzene rings is 1. The Labute approximate surface area is 109 Å². The Kier molecular flexibility index (Phi) is 4.49. The number of halogens is 2. The fraction of sp³-hybridized carbons (Fsp3) is 0.200. The van der Waals surface area contributed by atoms with Crippen LogP contribution in [0.4, 0.5) is 0 Å². The van der Waals surface area contributed by atoms with E-state index in [-0.39, 0.29) is 0 Å². The third kappa shape index (κ3) is 3.31. The third-order valence-electron chi connectivity index (χ3n) is 1.52. The van der Waals surface area contributed by atoms with Gasteiger partial charge in [-0.1, -0.05) is 0 Å². The zero-order valence-corrected chi connectivity index (χ0v) is 11.7. The molecular formula is C10H8Br2O4. The van der Waals surface area contributed by atoms with Gasteiger partial charge in [-0.25, -0.2) is 0 Å². The molecule has 1 rings (SSSR count). The van der Waals surface area contributed by atoms with E-state index < -0.39 is 11.9 Å². The zero-order chi connectivity index (χ0) is 12.3. The lowest BCUT2D eigenvalue weighted by Crippen LogP contribution is -2.04. The van der Waals surface area contributed by atoms with E-state index in [1.807, 2.05) is 0 Å². The van der Waals surface area contributed by atoms with Crippen LogP contribution in [0.25, 0.3) is 0 Å². The minimum Gasteiger partial charge on any atom is -0.425 e. The van der Waals surface area contributed by atoms with E-state index >= 15 is 0 Å². The minimum atomic E-state index is -0.423. The van der Waals surface area contributed by atoms with Crippen molar-refractivity contribution in [1.82, 2.24) is 0 Å². The van der Waals surface area contributed by atoms with Crippen molar-refractivity contribution in [2.45, 2.75) is 13.8 Å². The summed E-state index contributed by atoms with van der Waals surface area (Å²) in [4.78, 5) is 21.6. The molecule has 0 unspecified atom stereocenters. The highest BCUT2D eigenvalue weighted by atomic mass is 79.9. The van der Waals surface area contributed by atoms with E-state index in [4.69, 9.17) is 9.47 Å². The van der Waals surface area contributed by atoms with Gasteiger partial charge >= 0.3 is 11.9 Å². The largest absolute Gasteiger partial charge is 0.425 e. The molecule has 1 aromatic carbocycles. The van der Waals surface area contributed by atoms with Crippen molar-refractivity contribution in [1.29, 1.82) is 0 Å². The van der Waals surface area contributed by atoms with Crippen molar-refractivity contribution in [2.24, 2.45) is 0 Å². The number of hydrogen-bond donors (Lipinski definition) is 0. The molecular weight excluding hydrogens is 344 g/mol. The predicted octanol–water partition coefficient (Wildman–Crippen LogP) is 3.06. The molecule has 0 spiro atoms. The summed E-state index contributed by atoms with van der Waals surface area (Å²) in [7, 11) is 0. The first-order valence-corrected chi connectivity index (χ1v) is 5.85. The molecule has 0 saturated carbocycles. The molecule has 0 heterocycles. The van der Waals surface area contributed by atoms with Crippen molar-refractivity contribution in [3.05, 3.63) is 21.1 Å². The summed E-state index contributed by atoms with van der Waals surface area (Å²) in [6.07, 6.45) is 0. The molecule has 86 valence electrons. The average Bonchev–Trinajstić information content (AvgIpc) is 2.16. The van der Waals surface area contributed by atoms with Gasteiger partial charge in [0.1, 0.15) is 11.5 Å². The highest BCUT2D eigenvalue weighted by Crippen LogP contribution is 2.39. The quantitative estimate of drug-likeness (QED) is 0.607. The zero-order valence-electron chi connectivity index (χ0n) is 8.54. The summed E-state index contributed by atoms with van der Waals surface area (Å²) in [6, 6.07) is 3.07.